The number of ether oxygens (including phenoxy) is 1. The number of aromatic nitrogens is 4. The monoisotopic (exact) mass is 717 g/mol. The van der Waals surface area contributed by atoms with Crippen LogP contribution in [0.2, 0.25) is 0 Å². The van der Waals surface area contributed by atoms with E-state index >= 15 is 0 Å². The van der Waals surface area contributed by atoms with E-state index in [1.54, 1.807) is 23.4 Å². The van der Waals surface area contributed by atoms with Crippen LogP contribution in [0.15, 0.2) is 42.9 Å². The number of carbonyl (C=O) groups is 2. The average molecular weight is 718 g/mol. The Bertz CT molecular complexity index is 1850. The first kappa shape index (κ1) is 33.4. The highest BCUT2D eigenvalue weighted by atomic mass is 19.4. The number of carbonyl (C=O) groups excluding carboxylic acids is 1. The predicted octanol–water partition coefficient (Wildman–Crippen LogP) is 6.31. The van der Waals surface area contributed by atoms with Crippen molar-refractivity contribution in [2.45, 2.75) is 93.9 Å². The number of rotatable bonds is 7. The van der Waals surface area contributed by atoms with Crippen molar-refractivity contribution in [1.29, 1.82) is 0 Å². The lowest BCUT2D eigenvalue weighted by Gasteiger charge is -2.59. The molecule has 2 aliphatic heterocycles. The highest BCUT2D eigenvalue weighted by Gasteiger charge is 2.62. The molecule has 5 saturated carbocycles. The van der Waals surface area contributed by atoms with Crippen LogP contribution in [0.5, 0.6) is 5.75 Å². The van der Waals surface area contributed by atoms with Crippen LogP contribution >= 0.6 is 0 Å². The minimum absolute atomic E-state index is 0.00514. The largest absolute Gasteiger partial charge is 0.490 e. The summed E-state index contributed by atoms with van der Waals surface area (Å²) in [6, 6.07) is 7.57. The molecule has 0 radical (unpaired) electrons. The van der Waals surface area contributed by atoms with E-state index in [0.717, 1.165) is 81.2 Å². The molecular formula is C38H42F3N7O4. The molecule has 14 heteroatoms. The normalized spacial score (nSPS) is 29.1. The summed E-state index contributed by atoms with van der Waals surface area (Å²) in [5.74, 6) is -0.783. The topological polar surface area (TPSA) is 134 Å². The molecule has 6 fully saturated rings. The second-order valence-corrected chi connectivity index (χ2v) is 16.0. The third-order valence-corrected chi connectivity index (χ3v) is 13.1. The first-order valence-electron chi connectivity index (χ1n) is 18.6. The summed E-state index contributed by atoms with van der Waals surface area (Å²) >= 11 is 0. The number of hydrogen-bond donors (Lipinski definition) is 2. The lowest BCUT2D eigenvalue weighted by Crippen LogP contribution is -2.70. The van der Waals surface area contributed by atoms with Crippen LogP contribution in [0.3, 0.4) is 0 Å². The van der Waals surface area contributed by atoms with Gasteiger partial charge in [0.1, 0.15) is 17.4 Å². The third-order valence-electron chi connectivity index (χ3n) is 13.1. The van der Waals surface area contributed by atoms with Crippen molar-refractivity contribution >= 4 is 29.5 Å². The highest BCUT2D eigenvalue weighted by Crippen LogP contribution is 2.59. The number of nitrogens with one attached hydrogen (secondary N) is 1. The van der Waals surface area contributed by atoms with E-state index in [1.807, 2.05) is 18.2 Å². The summed E-state index contributed by atoms with van der Waals surface area (Å²) in [5.41, 5.74) is -2.25. The number of aliphatic carboxylic acids is 1. The zero-order valence-corrected chi connectivity index (χ0v) is 28.8. The molecule has 10 rings (SSSR count). The Labute approximate surface area is 299 Å². The minimum Gasteiger partial charge on any atom is -0.490 e. The van der Waals surface area contributed by atoms with Crippen LogP contribution in [0.4, 0.5) is 30.8 Å². The molecule has 11 nitrogen and oxygen atoms in total. The van der Waals surface area contributed by atoms with Crippen molar-refractivity contribution < 1.29 is 32.6 Å². The van der Waals surface area contributed by atoms with Crippen molar-refractivity contribution in [1.82, 2.24) is 25.3 Å². The van der Waals surface area contributed by atoms with E-state index < -0.39 is 34.8 Å². The molecule has 2 N–H and O–H groups in total. The molecule has 0 atom stereocenters. The molecule has 7 aliphatic rings. The zero-order valence-electron chi connectivity index (χ0n) is 28.8. The van der Waals surface area contributed by atoms with Crippen molar-refractivity contribution in [3.63, 3.8) is 0 Å². The Morgan fingerprint density at radius 1 is 0.923 bits per heavy atom. The van der Waals surface area contributed by atoms with E-state index in [1.165, 1.54) is 0 Å². The van der Waals surface area contributed by atoms with Crippen LogP contribution in [0.25, 0.3) is 0 Å². The SMILES string of the molecule is O=C(NC1(C(=O)O)C2CC3CC(C2)CC1C3)c1cnc(N2CC3(CCCC3)c3cc(OC4CCN(c5ncccn5)CC4)ccc32)nc1C(F)(F)F. The molecule has 52 heavy (non-hydrogen) atoms. The maximum Gasteiger partial charge on any atom is 0.434 e. The van der Waals surface area contributed by atoms with E-state index in [4.69, 9.17) is 4.74 Å². The number of nitrogens with zero attached hydrogens (tertiary/aromatic N) is 6. The van der Waals surface area contributed by atoms with E-state index in [-0.39, 0.29) is 29.3 Å². The number of amides is 1. The molecule has 2 aromatic heterocycles. The maximum absolute atomic E-state index is 14.8. The Balaban J connectivity index is 0.980. The molecule has 4 bridgehead atoms. The highest BCUT2D eigenvalue weighted by molar-refractivity contribution is 5.99. The summed E-state index contributed by atoms with van der Waals surface area (Å²) in [6.07, 6.45) is 8.49. The van der Waals surface area contributed by atoms with Gasteiger partial charge in [-0.3, -0.25) is 4.79 Å². The number of piperidine rings is 1. The quantitative estimate of drug-likeness (QED) is 0.287. The van der Waals surface area contributed by atoms with E-state index in [2.05, 4.69) is 30.2 Å². The van der Waals surface area contributed by atoms with Crippen LogP contribution in [0.1, 0.15) is 92.2 Å². The molecule has 1 spiro atoms. The molecule has 1 saturated heterocycles. The number of alkyl halides is 3. The summed E-state index contributed by atoms with van der Waals surface area (Å²) in [5, 5.41) is 13.1. The molecule has 274 valence electrons. The average Bonchev–Trinajstić information content (AvgIpc) is 3.74. The van der Waals surface area contributed by atoms with Gasteiger partial charge < -0.3 is 25.0 Å². The second-order valence-electron chi connectivity index (χ2n) is 16.0. The summed E-state index contributed by atoms with van der Waals surface area (Å²) in [7, 11) is 0. The number of halogens is 3. The molecule has 5 aliphatic carbocycles. The summed E-state index contributed by atoms with van der Waals surface area (Å²) in [6.45, 7) is 1.95. The van der Waals surface area contributed by atoms with Gasteiger partial charge in [0.2, 0.25) is 11.9 Å². The number of carboxylic acids is 1. The molecule has 0 unspecified atom stereocenters. The van der Waals surface area contributed by atoms with Gasteiger partial charge in [0.25, 0.3) is 5.91 Å². The molecular weight excluding hydrogens is 675 g/mol. The molecule has 1 aromatic carbocycles. The van der Waals surface area contributed by atoms with Crippen LogP contribution in [0, 0.1) is 23.7 Å². The second kappa shape index (κ2) is 12.3. The minimum atomic E-state index is -4.97. The van der Waals surface area contributed by atoms with Gasteiger partial charge in [-0.1, -0.05) is 12.8 Å². The Hall–Kier alpha value is -4.49. The van der Waals surface area contributed by atoms with E-state index in [0.29, 0.717) is 50.0 Å². The van der Waals surface area contributed by atoms with Crippen molar-refractivity contribution in [3.05, 3.63) is 59.7 Å². The van der Waals surface area contributed by atoms with Crippen LogP contribution in [-0.4, -0.2) is 68.2 Å². The Kier molecular flexibility index (Phi) is 7.89. The van der Waals surface area contributed by atoms with Gasteiger partial charge in [-0.15, -0.1) is 0 Å². The van der Waals surface area contributed by atoms with Gasteiger partial charge in [-0.2, -0.15) is 13.2 Å². The van der Waals surface area contributed by atoms with Crippen LogP contribution in [-0.2, 0) is 16.4 Å². The predicted molar refractivity (Wildman–Crippen MR) is 183 cm³/mol. The summed E-state index contributed by atoms with van der Waals surface area (Å²) < 4.78 is 50.7. The van der Waals surface area contributed by atoms with Crippen molar-refractivity contribution in [2.75, 3.05) is 29.4 Å². The van der Waals surface area contributed by atoms with Crippen molar-refractivity contribution in [3.8, 4) is 5.75 Å². The number of anilines is 3. The number of fused-ring (bicyclic) bond motifs is 2. The fourth-order valence-electron chi connectivity index (χ4n) is 10.9. The fourth-order valence-corrected chi connectivity index (χ4v) is 10.9. The standard InChI is InChI=1S/C38H42F3N7O4/c39-38(40,41)31-28(32(49)46-37(33(50)51)24-15-22-14-23(17-24)18-25(37)16-22)20-44-35(45-31)48-21-36(8-1-2-9-36)29-19-27(4-5-30(29)48)52-26-6-12-47(13-7-26)34-42-10-3-11-43-34/h3-5,10-11,19-20,22-26H,1-2,6-9,12-18,21H2,(H,46,49)(H,50,51). The molecule has 1 amide bonds. The van der Waals surface area contributed by atoms with Gasteiger partial charge in [-0.25, -0.2) is 24.7 Å². The summed E-state index contributed by atoms with van der Waals surface area (Å²) in [4.78, 5) is 47.6. The molecule has 4 heterocycles. The number of carboxylic acid groups (broad SMARTS) is 1. The van der Waals surface area contributed by atoms with Gasteiger partial charge in [0, 0.05) is 62.2 Å². The lowest BCUT2D eigenvalue weighted by molar-refractivity contribution is -0.163. The first-order chi connectivity index (χ1) is 25.0. The number of benzene rings is 1. The molecule has 3 aromatic rings. The van der Waals surface area contributed by atoms with E-state index in [9.17, 15) is 27.9 Å². The number of hydrogen-bond acceptors (Lipinski definition) is 9. The smallest absolute Gasteiger partial charge is 0.434 e. The third kappa shape index (κ3) is 5.46. The Morgan fingerprint density at radius 2 is 1.60 bits per heavy atom. The Morgan fingerprint density at radius 3 is 2.23 bits per heavy atom. The van der Waals surface area contributed by atoms with Gasteiger partial charge in [0.05, 0.1) is 5.56 Å². The maximum atomic E-state index is 14.8. The zero-order chi connectivity index (χ0) is 35.8. The van der Waals surface area contributed by atoms with Gasteiger partial charge >= 0.3 is 12.1 Å². The van der Waals surface area contributed by atoms with Crippen molar-refractivity contribution in [2.24, 2.45) is 23.7 Å². The van der Waals surface area contributed by atoms with Gasteiger partial charge in [-0.05, 0) is 98.4 Å². The fraction of sp³-hybridized carbons (Fsp3) is 0.579. The van der Waals surface area contributed by atoms with Gasteiger partial charge in [0.15, 0.2) is 5.69 Å². The first-order valence-corrected chi connectivity index (χ1v) is 18.6. The van der Waals surface area contributed by atoms with Crippen LogP contribution < -0.4 is 19.9 Å². The lowest BCUT2D eigenvalue weighted by atomic mass is 9.48.